The summed E-state index contributed by atoms with van der Waals surface area (Å²) < 4.78 is 7.05. The van der Waals surface area contributed by atoms with Crippen LogP contribution in [0.5, 0.6) is 11.5 Å². The van der Waals surface area contributed by atoms with Crippen LogP contribution < -0.4 is 37.5 Å². The van der Waals surface area contributed by atoms with Gasteiger partial charge in [-0.15, -0.1) is 0 Å². The van der Waals surface area contributed by atoms with Crippen LogP contribution in [0.25, 0.3) is 0 Å². The highest BCUT2D eigenvalue weighted by molar-refractivity contribution is 7.00. The molecule has 1 nitrogen and oxygen atoms in total. The van der Waals surface area contributed by atoms with Gasteiger partial charge in [0.05, 0.1) is 0 Å². The van der Waals surface area contributed by atoms with E-state index in [2.05, 4.69) is 84.9 Å². The molecule has 0 atom stereocenters. The van der Waals surface area contributed by atoms with Crippen LogP contribution in [0, 0.1) is 0 Å². The van der Waals surface area contributed by atoms with Gasteiger partial charge in [-0.05, 0) is 93.2 Å². The quantitative estimate of drug-likeness (QED) is 0.311. The van der Waals surface area contributed by atoms with Crippen LogP contribution >= 0.6 is 0 Å². The third kappa shape index (κ3) is 2.30. The lowest BCUT2D eigenvalue weighted by atomic mass is 9.27. The molecule has 37 heavy (non-hydrogen) atoms. The number of rotatable bonds is 0. The summed E-state index contributed by atoms with van der Waals surface area (Å²) in [7, 11) is 0. The van der Waals surface area contributed by atoms with E-state index < -0.39 is 0 Å². The molecule has 0 fully saturated rings. The Morgan fingerprint density at radius 1 is 0.405 bits per heavy atom. The molecule has 5 aliphatic rings. The minimum absolute atomic E-state index is 0.241. The fraction of sp³-hybridized carbons (Fsp3) is 0.118. The second-order valence-electron chi connectivity index (χ2n) is 11.6. The first-order valence-electron chi connectivity index (χ1n) is 13.6. The third-order valence-electron chi connectivity index (χ3n) is 9.81. The summed E-state index contributed by atoms with van der Waals surface area (Å²) in [6.45, 7) is 0.482. The van der Waals surface area contributed by atoms with E-state index in [0.29, 0.717) is 0 Å². The summed E-state index contributed by atoms with van der Waals surface area (Å²) >= 11 is 0. The zero-order chi connectivity index (χ0) is 23.8. The average molecular weight is 468 g/mol. The molecule has 0 unspecified atom stereocenters. The van der Waals surface area contributed by atoms with Crippen molar-refractivity contribution in [3.63, 3.8) is 0 Å². The highest BCUT2D eigenvalue weighted by atomic mass is 16.5. The van der Waals surface area contributed by atoms with Gasteiger partial charge in [-0.1, -0.05) is 94.6 Å². The molecule has 0 N–H and O–H groups in total. The van der Waals surface area contributed by atoms with E-state index in [1.807, 2.05) is 0 Å². The predicted octanol–water partition coefficient (Wildman–Crippen LogP) is 2.44. The Morgan fingerprint density at radius 2 is 0.784 bits per heavy atom. The number of hydrogen-bond acceptors (Lipinski definition) is 1. The molecule has 5 heterocycles. The molecule has 170 valence electrons. The molecule has 0 radical (unpaired) electrons. The second-order valence-corrected chi connectivity index (χ2v) is 11.6. The summed E-state index contributed by atoms with van der Waals surface area (Å²) in [5, 5.41) is 0. The van der Waals surface area contributed by atoms with Crippen molar-refractivity contribution in [2.75, 3.05) is 0 Å². The molecule has 0 aromatic heterocycles. The minimum atomic E-state index is 0.241. The van der Waals surface area contributed by atoms with Gasteiger partial charge in [-0.2, -0.15) is 0 Å². The van der Waals surface area contributed by atoms with Crippen molar-refractivity contribution in [3.8, 4) is 11.5 Å². The Bertz CT molecular complexity index is 1750. The second kappa shape index (κ2) is 6.47. The number of ether oxygens (including phenoxy) is 1. The highest BCUT2D eigenvalue weighted by Gasteiger charge is 2.44. The van der Waals surface area contributed by atoms with E-state index >= 15 is 0 Å². The standard InChI is InChI=1S/C34H22B2O/c1-5-19-13-23-9-3-11-29-33(23)35-27-18-28-26(17-25(27)15-21(7-1)31(19)35)16-22-8-2-6-20-14-24-10-4-12-30(37-29)34(24)36(28)32(20)22/h1-12,17-18H,13-16H2. The van der Waals surface area contributed by atoms with Crippen molar-refractivity contribution >= 4 is 46.2 Å². The number of benzene rings is 5. The average Bonchev–Trinajstić information content (AvgIpc) is 2.92. The van der Waals surface area contributed by atoms with E-state index in [1.54, 1.807) is 0 Å². The SMILES string of the molecule is c1cc2c3c(c1)Cc1cccc4c1B3c1cc3c(cc1C2)Cc1cccc2c1B3c1c(cccc1O4)C2. The molecule has 0 aliphatic carbocycles. The Balaban J connectivity index is 1.38. The van der Waals surface area contributed by atoms with Crippen molar-refractivity contribution in [1.29, 1.82) is 0 Å². The van der Waals surface area contributed by atoms with Crippen molar-refractivity contribution in [2.45, 2.75) is 25.7 Å². The number of hydrogen-bond donors (Lipinski definition) is 0. The van der Waals surface area contributed by atoms with Crippen LogP contribution in [0.4, 0.5) is 0 Å². The molecular weight excluding hydrogens is 446 g/mol. The highest BCUT2D eigenvalue weighted by Crippen LogP contribution is 2.32. The van der Waals surface area contributed by atoms with Crippen LogP contribution in [0.3, 0.4) is 0 Å². The molecule has 0 amide bonds. The lowest BCUT2D eigenvalue weighted by Crippen LogP contribution is -2.66. The Kier molecular flexibility index (Phi) is 3.36. The molecule has 10 rings (SSSR count). The molecular formula is C34H22B2O. The maximum atomic E-state index is 7.05. The fourth-order valence-corrected chi connectivity index (χ4v) is 8.43. The first-order valence-corrected chi connectivity index (χ1v) is 13.6. The van der Waals surface area contributed by atoms with Gasteiger partial charge >= 0.3 is 0 Å². The van der Waals surface area contributed by atoms with Crippen molar-refractivity contribution < 1.29 is 4.74 Å². The normalized spacial score (nSPS) is 15.8. The van der Waals surface area contributed by atoms with Gasteiger partial charge in [0.1, 0.15) is 11.5 Å². The molecule has 2 bridgehead atoms. The molecule has 5 aromatic carbocycles. The molecule has 3 heteroatoms. The van der Waals surface area contributed by atoms with Crippen LogP contribution in [0.2, 0.25) is 0 Å². The maximum absolute atomic E-state index is 7.05. The van der Waals surface area contributed by atoms with Gasteiger partial charge in [0.2, 0.25) is 13.4 Å². The smallest absolute Gasteiger partial charge is 0.247 e. The van der Waals surface area contributed by atoms with Gasteiger partial charge in [0.15, 0.2) is 0 Å². The van der Waals surface area contributed by atoms with E-state index in [9.17, 15) is 0 Å². The van der Waals surface area contributed by atoms with Gasteiger partial charge < -0.3 is 4.74 Å². The van der Waals surface area contributed by atoms with Crippen molar-refractivity contribution in [2.24, 2.45) is 0 Å². The topological polar surface area (TPSA) is 9.23 Å². The maximum Gasteiger partial charge on any atom is 0.247 e. The summed E-state index contributed by atoms with van der Waals surface area (Å²) in [5.41, 5.74) is 20.6. The van der Waals surface area contributed by atoms with Gasteiger partial charge in [-0.3, -0.25) is 0 Å². The summed E-state index contributed by atoms with van der Waals surface area (Å²) in [6, 6.07) is 32.6. The molecule has 0 spiro atoms. The lowest BCUT2D eigenvalue weighted by molar-refractivity contribution is 0.489. The molecule has 0 saturated carbocycles. The van der Waals surface area contributed by atoms with E-state index in [1.165, 1.54) is 77.3 Å². The molecule has 5 aromatic rings. The Hall–Kier alpha value is -3.97. The van der Waals surface area contributed by atoms with Crippen molar-refractivity contribution in [3.05, 3.63) is 129 Å². The van der Waals surface area contributed by atoms with Crippen LogP contribution in [0.1, 0.15) is 44.5 Å². The van der Waals surface area contributed by atoms with Crippen LogP contribution in [-0.2, 0) is 25.7 Å². The first-order chi connectivity index (χ1) is 18.3. The van der Waals surface area contributed by atoms with Gasteiger partial charge in [-0.25, -0.2) is 0 Å². The minimum Gasteiger partial charge on any atom is -0.458 e. The molecule has 5 aliphatic heterocycles. The van der Waals surface area contributed by atoms with Crippen molar-refractivity contribution in [1.82, 2.24) is 0 Å². The predicted molar refractivity (Wildman–Crippen MR) is 153 cm³/mol. The van der Waals surface area contributed by atoms with Crippen LogP contribution in [-0.4, -0.2) is 13.4 Å². The lowest BCUT2D eigenvalue weighted by Gasteiger charge is -2.39. The summed E-state index contributed by atoms with van der Waals surface area (Å²) in [4.78, 5) is 0. The summed E-state index contributed by atoms with van der Waals surface area (Å²) in [6.07, 6.45) is 4.03. The van der Waals surface area contributed by atoms with E-state index in [0.717, 1.165) is 37.2 Å². The monoisotopic (exact) mass is 468 g/mol. The zero-order valence-electron chi connectivity index (χ0n) is 20.5. The molecule has 0 saturated heterocycles. The Labute approximate surface area is 217 Å². The Morgan fingerprint density at radius 3 is 1.24 bits per heavy atom. The first kappa shape index (κ1) is 19.2. The van der Waals surface area contributed by atoms with Gasteiger partial charge in [0, 0.05) is 0 Å². The fourth-order valence-electron chi connectivity index (χ4n) is 8.43. The largest absolute Gasteiger partial charge is 0.458 e. The van der Waals surface area contributed by atoms with Crippen LogP contribution in [0.15, 0.2) is 84.9 Å². The van der Waals surface area contributed by atoms with E-state index in [4.69, 9.17) is 4.74 Å². The van der Waals surface area contributed by atoms with Gasteiger partial charge in [0.25, 0.3) is 0 Å². The van der Waals surface area contributed by atoms with E-state index in [-0.39, 0.29) is 13.4 Å². The zero-order valence-corrected chi connectivity index (χ0v) is 20.5. The summed E-state index contributed by atoms with van der Waals surface area (Å²) in [5.74, 6) is 2.07. The third-order valence-corrected chi connectivity index (χ3v) is 9.81.